The van der Waals surface area contributed by atoms with Crippen LogP contribution in [0.2, 0.25) is 0 Å². The van der Waals surface area contributed by atoms with Crippen LogP contribution in [0.15, 0.2) is 12.1 Å². The highest BCUT2D eigenvalue weighted by Crippen LogP contribution is 2.29. The SMILES string of the molecule is CC(=O)N1CCC[C@@H]1[C@H]1CCCN1CC(=O)NCc1ccc(C)s1. The van der Waals surface area contributed by atoms with Gasteiger partial charge in [-0.05, 0) is 51.3 Å². The molecule has 0 aliphatic carbocycles. The average Bonchev–Trinajstić information content (AvgIpc) is 3.24. The summed E-state index contributed by atoms with van der Waals surface area (Å²) in [6, 6.07) is 4.78. The van der Waals surface area contributed by atoms with Crippen LogP contribution in [0.5, 0.6) is 0 Å². The van der Waals surface area contributed by atoms with E-state index in [-0.39, 0.29) is 17.9 Å². The highest BCUT2D eigenvalue weighted by molar-refractivity contribution is 7.11. The molecule has 3 heterocycles. The van der Waals surface area contributed by atoms with Crippen LogP contribution in [0.25, 0.3) is 0 Å². The van der Waals surface area contributed by atoms with Crippen molar-refractivity contribution in [2.24, 2.45) is 0 Å². The lowest BCUT2D eigenvalue weighted by molar-refractivity contribution is -0.130. The second-order valence-electron chi connectivity index (χ2n) is 6.89. The Kier molecular flexibility index (Phi) is 5.56. The lowest BCUT2D eigenvalue weighted by atomic mass is 10.0. The van der Waals surface area contributed by atoms with Gasteiger partial charge in [-0.15, -0.1) is 11.3 Å². The quantitative estimate of drug-likeness (QED) is 0.886. The zero-order valence-electron chi connectivity index (χ0n) is 14.6. The third-order valence-electron chi connectivity index (χ3n) is 5.16. The molecular formula is C18H27N3O2S. The summed E-state index contributed by atoms with van der Waals surface area (Å²) in [5, 5.41) is 3.03. The topological polar surface area (TPSA) is 52.7 Å². The molecule has 3 rings (SSSR count). The Morgan fingerprint density at radius 1 is 1.21 bits per heavy atom. The Balaban J connectivity index is 1.53. The van der Waals surface area contributed by atoms with E-state index in [1.54, 1.807) is 18.3 Å². The molecule has 0 aromatic carbocycles. The fourth-order valence-corrected chi connectivity index (χ4v) is 4.90. The van der Waals surface area contributed by atoms with Crippen molar-refractivity contribution in [2.45, 2.75) is 58.2 Å². The van der Waals surface area contributed by atoms with Gasteiger partial charge in [0.1, 0.15) is 0 Å². The van der Waals surface area contributed by atoms with Crippen LogP contribution in [0.1, 0.15) is 42.4 Å². The lowest BCUT2D eigenvalue weighted by Gasteiger charge is -2.34. The van der Waals surface area contributed by atoms with Crippen LogP contribution in [-0.2, 0) is 16.1 Å². The highest BCUT2D eigenvalue weighted by Gasteiger charge is 2.39. The van der Waals surface area contributed by atoms with Crippen LogP contribution >= 0.6 is 11.3 Å². The Labute approximate surface area is 148 Å². The number of carbonyl (C=O) groups is 2. The van der Waals surface area contributed by atoms with E-state index in [0.717, 1.165) is 38.8 Å². The number of hydrogen-bond acceptors (Lipinski definition) is 4. The first-order chi connectivity index (χ1) is 11.5. The molecule has 0 saturated carbocycles. The van der Waals surface area contributed by atoms with Crippen LogP contribution in [-0.4, -0.2) is 53.3 Å². The van der Waals surface area contributed by atoms with Gasteiger partial charge in [0.15, 0.2) is 0 Å². The van der Waals surface area contributed by atoms with E-state index in [4.69, 9.17) is 0 Å². The highest BCUT2D eigenvalue weighted by atomic mass is 32.1. The number of likely N-dealkylation sites (tertiary alicyclic amines) is 2. The van der Waals surface area contributed by atoms with Crippen LogP contribution in [0.3, 0.4) is 0 Å². The summed E-state index contributed by atoms with van der Waals surface area (Å²) in [6.07, 6.45) is 4.35. The summed E-state index contributed by atoms with van der Waals surface area (Å²) in [6.45, 7) is 6.61. The molecule has 132 valence electrons. The van der Waals surface area contributed by atoms with E-state index in [2.05, 4.69) is 29.3 Å². The Bertz CT molecular complexity index is 601. The van der Waals surface area contributed by atoms with Gasteiger partial charge in [0.2, 0.25) is 11.8 Å². The minimum Gasteiger partial charge on any atom is -0.350 e. The Morgan fingerprint density at radius 3 is 2.67 bits per heavy atom. The second-order valence-corrected chi connectivity index (χ2v) is 8.26. The smallest absolute Gasteiger partial charge is 0.234 e. The zero-order chi connectivity index (χ0) is 17.1. The van der Waals surface area contributed by atoms with Crippen molar-refractivity contribution < 1.29 is 9.59 Å². The number of carbonyl (C=O) groups excluding carboxylic acids is 2. The van der Waals surface area contributed by atoms with Crippen LogP contribution in [0, 0.1) is 6.92 Å². The number of amides is 2. The Hall–Kier alpha value is -1.40. The van der Waals surface area contributed by atoms with E-state index < -0.39 is 0 Å². The molecule has 2 aliphatic rings. The van der Waals surface area contributed by atoms with Gasteiger partial charge in [-0.2, -0.15) is 0 Å². The fourth-order valence-electron chi connectivity index (χ4n) is 4.07. The molecule has 6 heteroatoms. The summed E-state index contributed by atoms with van der Waals surface area (Å²) in [7, 11) is 0. The molecule has 1 aromatic rings. The first-order valence-electron chi connectivity index (χ1n) is 8.88. The van der Waals surface area contributed by atoms with Gasteiger partial charge in [-0.1, -0.05) is 0 Å². The number of nitrogens with zero attached hydrogens (tertiary/aromatic N) is 2. The molecule has 2 atom stereocenters. The number of nitrogens with one attached hydrogen (secondary N) is 1. The monoisotopic (exact) mass is 349 g/mol. The molecule has 0 unspecified atom stereocenters. The van der Waals surface area contributed by atoms with Crippen molar-refractivity contribution in [1.29, 1.82) is 0 Å². The van der Waals surface area contributed by atoms with Gasteiger partial charge in [-0.25, -0.2) is 0 Å². The molecule has 24 heavy (non-hydrogen) atoms. The predicted octanol–water partition coefficient (Wildman–Crippen LogP) is 2.15. The van der Waals surface area contributed by atoms with Crippen LogP contribution in [0.4, 0.5) is 0 Å². The molecule has 2 fully saturated rings. The van der Waals surface area contributed by atoms with Gasteiger partial charge < -0.3 is 10.2 Å². The minimum atomic E-state index is 0.0836. The standard InChI is InChI=1S/C18H27N3O2S/c1-13-7-8-15(24-13)11-19-18(23)12-20-9-3-5-16(20)17-6-4-10-21(17)14(2)22/h7-8,16-17H,3-6,9-12H2,1-2H3,(H,19,23)/t16-,17-/m1/s1. The van der Waals surface area contributed by atoms with E-state index in [0.29, 0.717) is 19.1 Å². The van der Waals surface area contributed by atoms with E-state index in [1.807, 2.05) is 4.90 Å². The molecule has 0 spiro atoms. The fraction of sp³-hybridized carbons (Fsp3) is 0.667. The Morgan fingerprint density at radius 2 is 1.96 bits per heavy atom. The maximum Gasteiger partial charge on any atom is 0.234 e. The lowest BCUT2D eigenvalue weighted by Crippen LogP contribution is -2.50. The maximum atomic E-state index is 12.3. The largest absolute Gasteiger partial charge is 0.350 e. The zero-order valence-corrected chi connectivity index (χ0v) is 15.4. The van der Waals surface area contributed by atoms with Gasteiger partial charge in [0.25, 0.3) is 0 Å². The molecular weight excluding hydrogens is 322 g/mol. The molecule has 0 radical (unpaired) electrons. The maximum absolute atomic E-state index is 12.3. The number of aryl methyl sites for hydroxylation is 1. The number of thiophene rings is 1. The van der Waals surface area contributed by atoms with E-state index in [9.17, 15) is 9.59 Å². The molecule has 2 amide bonds. The van der Waals surface area contributed by atoms with Crippen molar-refractivity contribution >= 4 is 23.2 Å². The normalized spacial score (nSPS) is 24.5. The predicted molar refractivity (Wildman–Crippen MR) is 95.9 cm³/mol. The van der Waals surface area contributed by atoms with Gasteiger partial charge in [0.05, 0.1) is 13.1 Å². The third kappa shape index (κ3) is 3.98. The molecule has 1 N–H and O–H groups in total. The summed E-state index contributed by atoms with van der Waals surface area (Å²) >= 11 is 1.72. The third-order valence-corrected chi connectivity index (χ3v) is 6.17. The first-order valence-corrected chi connectivity index (χ1v) is 9.69. The van der Waals surface area contributed by atoms with Crippen molar-refractivity contribution in [3.8, 4) is 0 Å². The van der Waals surface area contributed by atoms with Crippen LogP contribution < -0.4 is 5.32 Å². The van der Waals surface area contributed by atoms with Gasteiger partial charge in [-0.3, -0.25) is 14.5 Å². The van der Waals surface area contributed by atoms with Crippen molar-refractivity contribution in [3.05, 3.63) is 21.9 Å². The van der Waals surface area contributed by atoms with Crippen molar-refractivity contribution in [2.75, 3.05) is 19.6 Å². The van der Waals surface area contributed by atoms with E-state index >= 15 is 0 Å². The molecule has 2 aliphatic heterocycles. The van der Waals surface area contributed by atoms with Gasteiger partial charge in [0, 0.05) is 35.3 Å². The molecule has 5 nitrogen and oxygen atoms in total. The molecule has 2 saturated heterocycles. The summed E-state index contributed by atoms with van der Waals surface area (Å²) in [5.41, 5.74) is 0. The summed E-state index contributed by atoms with van der Waals surface area (Å²) in [5.74, 6) is 0.252. The number of rotatable bonds is 5. The van der Waals surface area contributed by atoms with E-state index in [1.165, 1.54) is 9.75 Å². The molecule has 0 bridgehead atoms. The second kappa shape index (κ2) is 7.66. The first kappa shape index (κ1) is 17.4. The van der Waals surface area contributed by atoms with Crippen molar-refractivity contribution in [1.82, 2.24) is 15.1 Å². The summed E-state index contributed by atoms with van der Waals surface area (Å²) < 4.78 is 0. The molecule has 1 aromatic heterocycles. The van der Waals surface area contributed by atoms with Crippen molar-refractivity contribution in [3.63, 3.8) is 0 Å². The number of hydrogen-bond donors (Lipinski definition) is 1. The average molecular weight is 350 g/mol. The van der Waals surface area contributed by atoms with Gasteiger partial charge >= 0.3 is 0 Å². The minimum absolute atomic E-state index is 0.0836. The summed E-state index contributed by atoms with van der Waals surface area (Å²) in [4.78, 5) is 30.9.